The summed E-state index contributed by atoms with van der Waals surface area (Å²) < 4.78 is 42.5. The number of carbonyl (C=O) groups excluding carboxylic acids is 2. The molecule has 0 unspecified atom stereocenters. The first-order chi connectivity index (χ1) is 17.5. The number of ether oxygens (including phenoxy) is 2. The zero-order valence-electron chi connectivity index (χ0n) is 19.3. The fraction of sp³-hybridized carbons (Fsp3) is 0.292. The Kier molecular flexibility index (Phi) is 9.13. The summed E-state index contributed by atoms with van der Waals surface area (Å²) in [6.07, 6.45) is -7.95. The van der Waals surface area contributed by atoms with Gasteiger partial charge < -0.3 is 24.8 Å². The van der Waals surface area contributed by atoms with Gasteiger partial charge in [0.2, 0.25) is 0 Å². The molecule has 1 aliphatic heterocycles. The van der Waals surface area contributed by atoms with E-state index in [9.17, 15) is 33.0 Å². The van der Waals surface area contributed by atoms with Crippen molar-refractivity contribution in [3.05, 3.63) is 83.9 Å². The second-order valence-electron chi connectivity index (χ2n) is 8.10. The van der Waals surface area contributed by atoms with E-state index >= 15 is 0 Å². The monoisotopic (exact) mass is 535 g/mol. The van der Waals surface area contributed by atoms with E-state index < -0.39 is 77.3 Å². The number of aliphatic hydroxyl groups excluding tert-OH is 2. The van der Waals surface area contributed by atoms with Crippen molar-refractivity contribution in [2.45, 2.75) is 36.9 Å². The normalized spacial score (nSPS) is 24.1. The summed E-state index contributed by atoms with van der Waals surface area (Å²) in [5.74, 6) is -3.40. The van der Waals surface area contributed by atoms with Crippen LogP contribution < -0.4 is 4.72 Å². The summed E-state index contributed by atoms with van der Waals surface area (Å²) in [6, 6.07) is 13.3. The number of rotatable bonds is 8. The van der Waals surface area contributed by atoms with Crippen LogP contribution in [0.3, 0.4) is 0 Å². The van der Waals surface area contributed by atoms with Crippen LogP contribution in [0.25, 0.3) is 0 Å². The highest BCUT2D eigenvalue weighted by molar-refractivity contribution is 7.84. The summed E-state index contributed by atoms with van der Waals surface area (Å²) in [4.78, 5) is 37.0. The molecule has 2 aromatic rings. The van der Waals surface area contributed by atoms with Gasteiger partial charge >= 0.3 is 28.2 Å². The number of carbonyl (C=O) groups is 3. The predicted octanol–water partition coefficient (Wildman–Crippen LogP) is 0.424. The van der Waals surface area contributed by atoms with Crippen LogP contribution in [0.4, 0.5) is 0 Å². The van der Waals surface area contributed by atoms with E-state index in [2.05, 4.69) is 6.58 Å². The molecule has 5 atom stereocenters. The van der Waals surface area contributed by atoms with Gasteiger partial charge in [0.05, 0.1) is 29.9 Å². The maximum atomic E-state index is 12.9. The maximum absolute atomic E-state index is 12.9. The summed E-state index contributed by atoms with van der Waals surface area (Å²) in [5.41, 5.74) is -0.376. The average molecular weight is 536 g/mol. The van der Waals surface area contributed by atoms with Crippen LogP contribution in [0.15, 0.2) is 72.8 Å². The van der Waals surface area contributed by atoms with Gasteiger partial charge in [-0.2, -0.15) is 13.1 Å². The third kappa shape index (κ3) is 7.44. The van der Waals surface area contributed by atoms with Crippen LogP contribution in [0, 0.1) is 0 Å². The van der Waals surface area contributed by atoms with Gasteiger partial charge in [0.1, 0.15) is 6.10 Å². The lowest BCUT2D eigenvalue weighted by molar-refractivity contribution is -0.133. The minimum atomic E-state index is -4.64. The molecule has 1 heterocycles. The summed E-state index contributed by atoms with van der Waals surface area (Å²) in [5, 5.41) is 30.7. The lowest BCUT2D eigenvalue weighted by Crippen LogP contribution is -2.62. The Bertz CT molecular complexity index is 1230. The molecule has 1 fully saturated rings. The third-order valence-corrected chi connectivity index (χ3v) is 6.42. The van der Waals surface area contributed by atoms with Gasteiger partial charge in [-0.05, 0) is 24.3 Å². The molecule has 4 N–H and O–H groups in total. The number of aliphatic carboxylic acids is 1. The fourth-order valence-corrected chi connectivity index (χ4v) is 4.54. The number of carboxylic acid groups (broad SMARTS) is 1. The molecular formula is C24H25NO11S. The number of carboxylic acids is 1. The molecule has 2 aromatic carbocycles. The lowest BCUT2D eigenvalue weighted by atomic mass is 9.93. The standard InChI is InChI=1S/C24H25NO11S/c1-14(22(28)29)12-17(26)19-21(36-24(31)16-10-6-3-7-11-16)20(18(27)13-34-37(32,33)25-19)35-23(30)15-8-4-2-5-9-15/h2-11,17-21,25-27H,1,12-13H2,(H,28,29)/t17-,18+,19+,20+,21+/m0/s1. The zero-order valence-corrected chi connectivity index (χ0v) is 20.1. The van der Waals surface area contributed by atoms with E-state index in [0.29, 0.717) is 0 Å². The molecule has 0 aromatic heterocycles. The number of hydrogen-bond acceptors (Lipinski definition) is 10. The first-order valence-electron chi connectivity index (χ1n) is 10.9. The molecule has 1 saturated heterocycles. The quantitative estimate of drug-likeness (QED) is 0.271. The minimum absolute atomic E-state index is 0.0366. The lowest BCUT2D eigenvalue weighted by Gasteiger charge is -2.38. The Morgan fingerprint density at radius 1 is 0.973 bits per heavy atom. The molecule has 3 rings (SSSR count). The molecule has 1 aliphatic rings. The summed E-state index contributed by atoms with van der Waals surface area (Å²) >= 11 is 0. The molecule has 12 nitrogen and oxygen atoms in total. The summed E-state index contributed by atoms with van der Waals surface area (Å²) in [6.45, 7) is 2.43. The van der Waals surface area contributed by atoms with Crippen molar-refractivity contribution in [2.24, 2.45) is 0 Å². The van der Waals surface area contributed by atoms with Crippen LogP contribution >= 0.6 is 0 Å². The Balaban J connectivity index is 2.04. The number of nitrogens with one attached hydrogen (secondary N) is 1. The Morgan fingerprint density at radius 3 is 1.95 bits per heavy atom. The highest BCUT2D eigenvalue weighted by atomic mass is 32.2. The Morgan fingerprint density at radius 2 is 1.46 bits per heavy atom. The van der Waals surface area contributed by atoms with Gasteiger partial charge in [-0.15, -0.1) is 0 Å². The topological polar surface area (TPSA) is 186 Å². The van der Waals surface area contributed by atoms with Gasteiger partial charge in [-0.3, -0.25) is 4.18 Å². The van der Waals surface area contributed by atoms with E-state index in [1.54, 1.807) is 24.3 Å². The fourth-order valence-electron chi connectivity index (χ4n) is 3.53. The van der Waals surface area contributed by atoms with Crippen molar-refractivity contribution in [3.63, 3.8) is 0 Å². The average Bonchev–Trinajstić information content (AvgIpc) is 2.88. The first-order valence-corrected chi connectivity index (χ1v) is 12.4. The third-order valence-electron chi connectivity index (χ3n) is 5.41. The maximum Gasteiger partial charge on any atom is 0.338 e. The highest BCUT2D eigenvalue weighted by Gasteiger charge is 2.47. The molecular weight excluding hydrogens is 510 g/mol. The van der Waals surface area contributed by atoms with Crippen LogP contribution in [-0.4, -0.2) is 78.7 Å². The SMILES string of the molecule is C=C(C[C@H](O)[C@H]1NS(=O)(=O)OC[C@@H](O)[C@@H](OC(=O)c2ccccc2)[C@@H]1OC(=O)c1ccccc1)C(=O)O. The Labute approximate surface area is 212 Å². The molecule has 13 heteroatoms. The largest absolute Gasteiger partial charge is 0.478 e. The van der Waals surface area contributed by atoms with Crippen molar-refractivity contribution in [2.75, 3.05) is 6.61 Å². The number of aliphatic hydroxyl groups is 2. The molecule has 0 bridgehead atoms. The zero-order chi connectivity index (χ0) is 27.2. The number of hydrogen-bond donors (Lipinski definition) is 4. The number of esters is 2. The predicted molar refractivity (Wildman–Crippen MR) is 126 cm³/mol. The van der Waals surface area contributed by atoms with Gasteiger partial charge in [-0.1, -0.05) is 43.0 Å². The molecule has 0 saturated carbocycles. The van der Waals surface area contributed by atoms with Gasteiger partial charge in [-0.25, -0.2) is 14.4 Å². The Hall–Kier alpha value is -3.62. The van der Waals surface area contributed by atoms with E-state index in [1.165, 1.54) is 36.4 Å². The van der Waals surface area contributed by atoms with Crippen molar-refractivity contribution in [1.82, 2.24) is 4.72 Å². The second-order valence-corrected chi connectivity index (χ2v) is 9.48. The second kappa shape index (κ2) is 12.1. The van der Waals surface area contributed by atoms with E-state index in [0.717, 1.165) is 0 Å². The first kappa shape index (κ1) is 28.0. The molecule has 0 radical (unpaired) electrons. The molecule has 37 heavy (non-hydrogen) atoms. The minimum Gasteiger partial charge on any atom is -0.478 e. The van der Waals surface area contributed by atoms with Crippen molar-refractivity contribution in [3.8, 4) is 0 Å². The highest BCUT2D eigenvalue weighted by Crippen LogP contribution is 2.25. The molecule has 198 valence electrons. The number of benzene rings is 2. The van der Waals surface area contributed by atoms with Crippen molar-refractivity contribution < 1.29 is 51.8 Å². The van der Waals surface area contributed by atoms with Crippen LogP contribution in [0.5, 0.6) is 0 Å². The van der Waals surface area contributed by atoms with E-state index in [1.807, 2.05) is 4.72 Å². The molecule has 0 spiro atoms. The molecule has 0 amide bonds. The van der Waals surface area contributed by atoms with Gasteiger partial charge in [0.15, 0.2) is 12.2 Å². The van der Waals surface area contributed by atoms with Crippen molar-refractivity contribution >= 4 is 28.2 Å². The van der Waals surface area contributed by atoms with Gasteiger partial charge in [0, 0.05) is 12.0 Å². The smallest absolute Gasteiger partial charge is 0.338 e. The van der Waals surface area contributed by atoms with Crippen LogP contribution in [0.2, 0.25) is 0 Å². The van der Waals surface area contributed by atoms with E-state index in [-0.39, 0.29) is 11.1 Å². The van der Waals surface area contributed by atoms with E-state index in [4.69, 9.17) is 18.8 Å². The molecule has 0 aliphatic carbocycles. The summed E-state index contributed by atoms with van der Waals surface area (Å²) in [7, 11) is -4.64. The van der Waals surface area contributed by atoms with Gasteiger partial charge in [0.25, 0.3) is 0 Å². The van der Waals surface area contributed by atoms with Crippen LogP contribution in [0.1, 0.15) is 27.1 Å². The van der Waals surface area contributed by atoms with Crippen LogP contribution in [-0.2, 0) is 28.8 Å². The van der Waals surface area contributed by atoms with Crippen molar-refractivity contribution in [1.29, 1.82) is 0 Å².